The molecule has 108 valence electrons. The zero-order valence-corrected chi connectivity index (χ0v) is 11.5. The Balaban J connectivity index is 2.31. The molecule has 1 aliphatic rings. The van der Waals surface area contributed by atoms with E-state index in [1.165, 1.54) is 13.8 Å². The van der Waals surface area contributed by atoms with Crippen LogP contribution in [0.25, 0.3) is 0 Å². The summed E-state index contributed by atoms with van der Waals surface area (Å²) in [5, 5.41) is 18.2. The minimum Gasteiger partial charge on any atom is -0.394 e. The molecule has 0 aromatic carbocycles. The van der Waals surface area contributed by atoms with Crippen LogP contribution in [0.3, 0.4) is 0 Å². The van der Waals surface area contributed by atoms with Gasteiger partial charge >= 0.3 is 0 Å². The van der Waals surface area contributed by atoms with Crippen molar-refractivity contribution >= 4 is 5.78 Å². The highest BCUT2D eigenvalue weighted by Crippen LogP contribution is 2.18. The molecule has 1 unspecified atom stereocenters. The number of hydrogen-bond acceptors (Lipinski definition) is 5. The summed E-state index contributed by atoms with van der Waals surface area (Å²) in [7, 11) is 0. The van der Waals surface area contributed by atoms with E-state index in [0.717, 1.165) is 0 Å². The molecule has 1 rings (SSSR count). The van der Waals surface area contributed by atoms with E-state index >= 15 is 0 Å². The second kappa shape index (κ2) is 7.55. The molecule has 0 radical (unpaired) electrons. The summed E-state index contributed by atoms with van der Waals surface area (Å²) in [5.74, 6) is -0.284. The Morgan fingerprint density at radius 3 is 2.68 bits per heavy atom. The van der Waals surface area contributed by atoms with E-state index in [0.29, 0.717) is 31.8 Å². The standard InChI is InChI=1S/C14H22O5/c1-14(2,17)13(16)11-3-5-12(6-4-11)19-10-9-18-8-7-15/h3-5,12,15,17H,6-10H2,1-2H3. The number of rotatable bonds is 8. The van der Waals surface area contributed by atoms with Gasteiger partial charge in [0.1, 0.15) is 5.60 Å². The van der Waals surface area contributed by atoms with Crippen LogP contribution < -0.4 is 0 Å². The molecule has 0 amide bonds. The minimum absolute atomic E-state index is 0.00842. The first-order valence-corrected chi connectivity index (χ1v) is 6.41. The van der Waals surface area contributed by atoms with E-state index in [1.54, 1.807) is 12.2 Å². The molecule has 0 aromatic heterocycles. The Morgan fingerprint density at radius 1 is 1.42 bits per heavy atom. The first-order chi connectivity index (χ1) is 8.95. The Hall–Kier alpha value is -1.01. The fraction of sp³-hybridized carbons (Fsp3) is 0.643. The summed E-state index contributed by atoms with van der Waals surface area (Å²) < 4.78 is 10.6. The smallest absolute Gasteiger partial charge is 0.193 e. The Bertz CT molecular complexity index is 351. The van der Waals surface area contributed by atoms with Crippen molar-refractivity contribution in [2.45, 2.75) is 32.0 Å². The quantitative estimate of drug-likeness (QED) is 0.632. The molecule has 0 bridgehead atoms. The molecule has 0 spiro atoms. The van der Waals surface area contributed by atoms with Gasteiger partial charge in [0.2, 0.25) is 0 Å². The van der Waals surface area contributed by atoms with Crippen molar-refractivity contribution in [3.8, 4) is 0 Å². The van der Waals surface area contributed by atoms with Crippen LogP contribution in [0.5, 0.6) is 0 Å². The number of aliphatic hydroxyl groups is 2. The third-order valence-electron chi connectivity index (χ3n) is 2.67. The Kier molecular flexibility index (Phi) is 6.37. The highest BCUT2D eigenvalue weighted by Gasteiger charge is 2.27. The SMILES string of the molecule is CC(C)(O)C(=O)C1=CCC(OCCOCCO)C=C1. The maximum atomic E-state index is 11.8. The van der Waals surface area contributed by atoms with Crippen molar-refractivity contribution in [3.05, 3.63) is 23.8 Å². The van der Waals surface area contributed by atoms with Crippen LogP contribution in [0.4, 0.5) is 0 Å². The lowest BCUT2D eigenvalue weighted by Crippen LogP contribution is -2.32. The summed E-state index contributed by atoms with van der Waals surface area (Å²) in [4.78, 5) is 11.8. The van der Waals surface area contributed by atoms with Gasteiger partial charge in [-0.15, -0.1) is 0 Å². The van der Waals surface area contributed by atoms with Crippen molar-refractivity contribution in [2.24, 2.45) is 0 Å². The van der Waals surface area contributed by atoms with Crippen LogP contribution in [0.1, 0.15) is 20.3 Å². The van der Waals surface area contributed by atoms with Gasteiger partial charge in [0.15, 0.2) is 5.78 Å². The summed E-state index contributed by atoms with van der Waals surface area (Å²) in [6.45, 7) is 4.15. The fourth-order valence-electron chi connectivity index (χ4n) is 1.67. The molecular formula is C14H22O5. The molecule has 19 heavy (non-hydrogen) atoms. The van der Waals surface area contributed by atoms with Crippen molar-refractivity contribution in [2.75, 3.05) is 26.4 Å². The lowest BCUT2D eigenvalue weighted by atomic mass is 9.92. The van der Waals surface area contributed by atoms with Gasteiger partial charge in [0.25, 0.3) is 0 Å². The monoisotopic (exact) mass is 270 g/mol. The lowest BCUT2D eigenvalue weighted by Gasteiger charge is -2.20. The zero-order chi connectivity index (χ0) is 14.3. The number of ketones is 1. The first-order valence-electron chi connectivity index (χ1n) is 6.41. The molecule has 0 heterocycles. The van der Waals surface area contributed by atoms with Gasteiger partial charge in [-0.3, -0.25) is 4.79 Å². The highest BCUT2D eigenvalue weighted by molar-refractivity contribution is 6.03. The Labute approximate surface area is 113 Å². The van der Waals surface area contributed by atoms with Gasteiger partial charge in [-0.1, -0.05) is 18.2 Å². The molecule has 2 N–H and O–H groups in total. The number of aliphatic hydroxyl groups excluding tert-OH is 1. The third kappa shape index (κ3) is 5.65. The first kappa shape index (κ1) is 16.0. The molecule has 1 aliphatic carbocycles. The number of allylic oxidation sites excluding steroid dienone is 1. The predicted octanol–water partition coefficient (Wildman–Crippen LogP) is 0.607. The molecule has 0 fully saturated rings. The number of Topliss-reactive ketones (excluding diaryl/α,β-unsaturated/α-hetero) is 1. The van der Waals surface area contributed by atoms with Gasteiger partial charge < -0.3 is 19.7 Å². The average molecular weight is 270 g/mol. The van der Waals surface area contributed by atoms with Crippen LogP contribution in [-0.2, 0) is 14.3 Å². The van der Waals surface area contributed by atoms with E-state index in [2.05, 4.69) is 0 Å². The van der Waals surface area contributed by atoms with Crippen molar-refractivity contribution in [3.63, 3.8) is 0 Å². The molecule has 0 saturated carbocycles. The number of carbonyl (C=O) groups excluding carboxylic acids is 1. The normalized spacial score (nSPS) is 19.4. The van der Waals surface area contributed by atoms with Crippen LogP contribution in [0, 0.1) is 0 Å². The van der Waals surface area contributed by atoms with Crippen molar-refractivity contribution < 1.29 is 24.5 Å². The summed E-state index contributed by atoms with van der Waals surface area (Å²) in [5.41, 5.74) is -0.828. The zero-order valence-electron chi connectivity index (χ0n) is 11.5. The van der Waals surface area contributed by atoms with E-state index in [-0.39, 0.29) is 18.5 Å². The van der Waals surface area contributed by atoms with E-state index in [4.69, 9.17) is 14.6 Å². The van der Waals surface area contributed by atoms with Crippen LogP contribution in [0.2, 0.25) is 0 Å². The van der Waals surface area contributed by atoms with Gasteiger partial charge in [0, 0.05) is 5.57 Å². The number of hydrogen-bond donors (Lipinski definition) is 2. The molecule has 0 aliphatic heterocycles. The highest BCUT2D eigenvalue weighted by atomic mass is 16.5. The summed E-state index contributed by atoms with van der Waals surface area (Å²) >= 11 is 0. The second-order valence-corrected chi connectivity index (χ2v) is 4.89. The lowest BCUT2D eigenvalue weighted by molar-refractivity contribution is -0.129. The van der Waals surface area contributed by atoms with Crippen molar-refractivity contribution in [1.82, 2.24) is 0 Å². The predicted molar refractivity (Wildman–Crippen MR) is 70.8 cm³/mol. The molecule has 5 heteroatoms. The van der Waals surface area contributed by atoms with Gasteiger partial charge in [-0.2, -0.15) is 0 Å². The van der Waals surface area contributed by atoms with E-state index in [1.807, 2.05) is 6.08 Å². The summed E-state index contributed by atoms with van der Waals surface area (Å²) in [6.07, 6.45) is 5.80. The topological polar surface area (TPSA) is 76.0 Å². The number of ether oxygens (including phenoxy) is 2. The van der Waals surface area contributed by atoms with Crippen LogP contribution >= 0.6 is 0 Å². The summed E-state index contributed by atoms with van der Waals surface area (Å²) in [6, 6.07) is 0. The van der Waals surface area contributed by atoms with Gasteiger partial charge in [-0.25, -0.2) is 0 Å². The third-order valence-corrected chi connectivity index (χ3v) is 2.67. The Morgan fingerprint density at radius 2 is 2.16 bits per heavy atom. The largest absolute Gasteiger partial charge is 0.394 e. The molecule has 1 atom stereocenters. The fourth-order valence-corrected chi connectivity index (χ4v) is 1.67. The van der Waals surface area contributed by atoms with E-state index < -0.39 is 5.60 Å². The van der Waals surface area contributed by atoms with Gasteiger partial charge in [0.05, 0.1) is 32.5 Å². The molecule has 0 aromatic rings. The minimum atomic E-state index is -1.35. The molecule has 0 saturated heterocycles. The van der Waals surface area contributed by atoms with Crippen LogP contribution in [-0.4, -0.2) is 54.1 Å². The average Bonchev–Trinajstić information content (AvgIpc) is 2.37. The van der Waals surface area contributed by atoms with Gasteiger partial charge in [-0.05, 0) is 20.3 Å². The molecular weight excluding hydrogens is 248 g/mol. The second-order valence-electron chi connectivity index (χ2n) is 4.89. The number of carbonyl (C=O) groups is 1. The van der Waals surface area contributed by atoms with E-state index in [9.17, 15) is 9.90 Å². The maximum Gasteiger partial charge on any atom is 0.193 e. The molecule has 5 nitrogen and oxygen atoms in total. The van der Waals surface area contributed by atoms with Crippen LogP contribution in [0.15, 0.2) is 23.8 Å². The van der Waals surface area contributed by atoms with Crippen molar-refractivity contribution in [1.29, 1.82) is 0 Å². The maximum absolute atomic E-state index is 11.8.